The van der Waals surface area contributed by atoms with E-state index in [4.69, 9.17) is 9.47 Å². The summed E-state index contributed by atoms with van der Waals surface area (Å²) >= 11 is 3.69. The van der Waals surface area contributed by atoms with Crippen LogP contribution in [-0.2, 0) is 6.61 Å². The number of rotatable bonds is 5. The van der Waals surface area contributed by atoms with Gasteiger partial charge in [0.2, 0.25) is 0 Å². The first-order valence-corrected chi connectivity index (χ1v) is 11.6. The number of hydrogen-bond donors (Lipinski definition) is 1. The van der Waals surface area contributed by atoms with Crippen LogP contribution < -0.4 is 14.8 Å². The van der Waals surface area contributed by atoms with Crippen molar-refractivity contribution in [2.24, 2.45) is 5.92 Å². The molecule has 2 aliphatic rings. The van der Waals surface area contributed by atoms with Gasteiger partial charge in [0.1, 0.15) is 12.4 Å². The minimum Gasteiger partial charge on any atom is -0.493 e. The molecule has 1 N–H and O–H groups in total. The number of allylic oxidation sites excluding steroid dienone is 2. The molecule has 3 nitrogen and oxygen atoms in total. The van der Waals surface area contributed by atoms with Gasteiger partial charge in [0.05, 0.1) is 23.3 Å². The second kappa shape index (κ2) is 8.62. The van der Waals surface area contributed by atoms with Crippen molar-refractivity contribution in [2.45, 2.75) is 31.9 Å². The Balaban J connectivity index is 1.46. The van der Waals surface area contributed by atoms with Crippen LogP contribution >= 0.6 is 15.9 Å². The molecule has 0 saturated heterocycles. The van der Waals surface area contributed by atoms with Gasteiger partial charge >= 0.3 is 0 Å². The molecule has 0 spiro atoms. The molecule has 1 aliphatic heterocycles. The maximum atomic E-state index is 14.7. The van der Waals surface area contributed by atoms with Crippen molar-refractivity contribution < 1.29 is 13.9 Å². The van der Waals surface area contributed by atoms with Crippen molar-refractivity contribution in [3.05, 3.63) is 99.3 Å². The number of aryl methyl sites for hydroxylation is 1. The van der Waals surface area contributed by atoms with Crippen LogP contribution in [0.5, 0.6) is 11.5 Å². The molecule has 0 fully saturated rings. The van der Waals surface area contributed by atoms with E-state index in [2.05, 4.69) is 70.7 Å². The van der Waals surface area contributed by atoms with Gasteiger partial charge in [-0.15, -0.1) is 0 Å². The number of ether oxygens (including phenoxy) is 2. The Morgan fingerprint density at radius 2 is 1.94 bits per heavy atom. The summed E-state index contributed by atoms with van der Waals surface area (Å²) in [7, 11) is 1.65. The minimum atomic E-state index is -0.213. The average Bonchev–Trinajstić information content (AvgIpc) is 3.29. The fourth-order valence-corrected chi connectivity index (χ4v) is 5.39. The number of nitrogens with one attached hydrogen (secondary N) is 1. The number of benzene rings is 3. The summed E-state index contributed by atoms with van der Waals surface area (Å²) in [5.41, 5.74) is 4.98. The topological polar surface area (TPSA) is 30.5 Å². The molecule has 1 aliphatic carbocycles. The van der Waals surface area contributed by atoms with Crippen LogP contribution in [-0.4, -0.2) is 7.11 Å². The number of para-hydroxylation sites is 1. The highest BCUT2D eigenvalue weighted by Crippen LogP contribution is 2.51. The summed E-state index contributed by atoms with van der Waals surface area (Å²) in [6.07, 6.45) is 5.36. The Morgan fingerprint density at radius 3 is 2.72 bits per heavy atom. The van der Waals surface area contributed by atoms with Crippen LogP contribution in [0.1, 0.15) is 40.6 Å². The highest BCUT2D eigenvalue weighted by atomic mass is 79.9. The highest BCUT2D eigenvalue weighted by molar-refractivity contribution is 9.10. The Hall–Kier alpha value is -2.79. The molecule has 3 atom stereocenters. The molecular formula is C27H25BrFNO2. The third-order valence-electron chi connectivity index (χ3n) is 6.46. The van der Waals surface area contributed by atoms with E-state index in [0.29, 0.717) is 29.7 Å². The lowest BCUT2D eigenvalue weighted by atomic mass is 9.77. The zero-order chi connectivity index (χ0) is 22.2. The minimum absolute atomic E-state index is 0.0317. The molecule has 0 aromatic heterocycles. The number of anilines is 1. The Labute approximate surface area is 196 Å². The van der Waals surface area contributed by atoms with E-state index in [1.807, 2.05) is 12.1 Å². The normalized spacial score (nSPS) is 20.9. The van der Waals surface area contributed by atoms with E-state index in [0.717, 1.165) is 27.6 Å². The summed E-state index contributed by atoms with van der Waals surface area (Å²) in [4.78, 5) is 0. The van der Waals surface area contributed by atoms with Crippen LogP contribution in [0.25, 0.3) is 0 Å². The van der Waals surface area contributed by atoms with E-state index in [-0.39, 0.29) is 17.8 Å². The number of fused-ring (bicyclic) bond motifs is 3. The van der Waals surface area contributed by atoms with Gasteiger partial charge in [-0.05, 0) is 70.1 Å². The van der Waals surface area contributed by atoms with E-state index >= 15 is 0 Å². The fourth-order valence-electron chi connectivity index (χ4n) is 4.81. The van der Waals surface area contributed by atoms with Gasteiger partial charge < -0.3 is 14.8 Å². The second-order valence-electron chi connectivity index (χ2n) is 8.49. The highest BCUT2D eigenvalue weighted by Gasteiger charge is 2.39. The molecule has 0 unspecified atom stereocenters. The van der Waals surface area contributed by atoms with Gasteiger partial charge in [-0.2, -0.15) is 0 Å². The Bertz CT molecular complexity index is 1180. The third-order valence-corrected chi connectivity index (χ3v) is 7.05. The lowest BCUT2D eigenvalue weighted by Gasteiger charge is -2.37. The Kier molecular flexibility index (Phi) is 5.68. The predicted molar refractivity (Wildman–Crippen MR) is 129 cm³/mol. The smallest absolute Gasteiger partial charge is 0.175 e. The summed E-state index contributed by atoms with van der Waals surface area (Å²) in [6, 6.07) is 17.6. The maximum absolute atomic E-state index is 14.7. The van der Waals surface area contributed by atoms with Crippen LogP contribution in [0.4, 0.5) is 10.1 Å². The summed E-state index contributed by atoms with van der Waals surface area (Å²) in [5, 5.41) is 3.48. The van der Waals surface area contributed by atoms with E-state index in [9.17, 15) is 4.39 Å². The molecule has 0 radical (unpaired) electrons. The van der Waals surface area contributed by atoms with Gasteiger partial charge in [0, 0.05) is 5.92 Å². The van der Waals surface area contributed by atoms with E-state index in [1.54, 1.807) is 13.2 Å². The zero-order valence-electron chi connectivity index (χ0n) is 18.1. The van der Waals surface area contributed by atoms with Crippen molar-refractivity contribution in [1.82, 2.24) is 0 Å². The quantitative estimate of drug-likeness (QED) is 0.378. The molecule has 0 saturated carbocycles. The fraction of sp³-hybridized carbons (Fsp3) is 0.259. The molecule has 32 heavy (non-hydrogen) atoms. The molecule has 164 valence electrons. The number of hydrogen-bond acceptors (Lipinski definition) is 3. The predicted octanol–water partition coefficient (Wildman–Crippen LogP) is 7.31. The third kappa shape index (κ3) is 3.79. The molecule has 3 aromatic carbocycles. The zero-order valence-corrected chi connectivity index (χ0v) is 19.7. The molecule has 3 aromatic rings. The SMILES string of the molecule is COc1cc([C@@H]2Nc3c(F)cccc3[C@@H]3C=CC[C@@H]32)cc(Br)c1OCc1ccc(C)cc1. The van der Waals surface area contributed by atoms with Crippen molar-refractivity contribution >= 4 is 21.6 Å². The second-order valence-corrected chi connectivity index (χ2v) is 9.34. The summed E-state index contributed by atoms with van der Waals surface area (Å²) in [5.74, 6) is 1.63. The molecule has 5 heteroatoms. The van der Waals surface area contributed by atoms with Crippen LogP contribution in [0.3, 0.4) is 0 Å². The summed E-state index contributed by atoms with van der Waals surface area (Å²) in [6.45, 7) is 2.51. The van der Waals surface area contributed by atoms with Crippen LogP contribution in [0.15, 0.2) is 71.2 Å². The molecule has 0 bridgehead atoms. The van der Waals surface area contributed by atoms with Crippen molar-refractivity contribution in [1.29, 1.82) is 0 Å². The first kappa shape index (κ1) is 21.1. The van der Waals surface area contributed by atoms with Gasteiger partial charge in [0.15, 0.2) is 11.5 Å². The first-order chi connectivity index (χ1) is 15.5. The van der Waals surface area contributed by atoms with Gasteiger partial charge in [0.25, 0.3) is 0 Å². The standard InChI is InChI=1S/C27H25BrFNO2/c1-16-9-11-17(12-10-16)15-32-27-22(28)13-18(14-24(27)31-2)25-20-6-3-5-19(20)21-7-4-8-23(29)26(21)30-25/h3-5,7-14,19-20,25,30H,6,15H2,1-2H3/t19-,20+,25+/m1/s1. The van der Waals surface area contributed by atoms with E-state index < -0.39 is 0 Å². The molecule has 0 amide bonds. The van der Waals surface area contributed by atoms with Crippen molar-refractivity contribution in [3.8, 4) is 11.5 Å². The van der Waals surface area contributed by atoms with Gasteiger partial charge in [-0.25, -0.2) is 4.39 Å². The number of methoxy groups -OCH3 is 1. The molecular weight excluding hydrogens is 469 g/mol. The van der Waals surface area contributed by atoms with Crippen LogP contribution in [0.2, 0.25) is 0 Å². The monoisotopic (exact) mass is 493 g/mol. The molecule has 1 heterocycles. The lowest BCUT2D eigenvalue weighted by molar-refractivity contribution is 0.282. The van der Waals surface area contributed by atoms with Gasteiger partial charge in [-0.1, -0.05) is 54.1 Å². The largest absolute Gasteiger partial charge is 0.493 e. The summed E-state index contributed by atoms with van der Waals surface area (Å²) < 4.78 is 27.3. The maximum Gasteiger partial charge on any atom is 0.175 e. The van der Waals surface area contributed by atoms with Crippen molar-refractivity contribution in [3.63, 3.8) is 0 Å². The molecule has 5 rings (SSSR count). The van der Waals surface area contributed by atoms with Crippen molar-refractivity contribution in [2.75, 3.05) is 12.4 Å². The Morgan fingerprint density at radius 1 is 1.12 bits per heavy atom. The average molecular weight is 494 g/mol. The van der Waals surface area contributed by atoms with Gasteiger partial charge in [-0.3, -0.25) is 0 Å². The van der Waals surface area contributed by atoms with E-state index in [1.165, 1.54) is 11.6 Å². The first-order valence-electron chi connectivity index (χ1n) is 10.8. The lowest BCUT2D eigenvalue weighted by Crippen LogP contribution is -2.29. The van der Waals surface area contributed by atoms with Crippen LogP contribution in [0, 0.1) is 18.7 Å². The number of halogens is 2.